The zero-order chi connectivity index (χ0) is 16.4. The Morgan fingerprint density at radius 2 is 2.04 bits per heavy atom. The van der Waals surface area contributed by atoms with Gasteiger partial charge in [0.15, 0.2) is 6.04 Å². The second-order valence-corrected chi connectivity index (χ2v) is 7.09. The molecule has 1 aliphatic heterocycles. The number of para-hydroxylation sites is 1. The van der Waals surface area contributed by atoms with Gasteiger partial charge in [-0.2, -0.15) is 0 Å². The van der Waals surface area contributed by atoms with Crippen LogP contribution in [0.2, 0.25) is 0 Å². The Morgan fingerprint density at radius 3 is 2.70 bits per heavy atom. The molecular weight excluding hydrogens is 312 g/mol. The summed E-state index contributed by atoms with van der Waals surface area (Å²) >= 11 is 1.77. The Kier molecular flexibility index (Phi) is 4.58. The van der Waals surface area contributed by atoms with Crippen molar-refractivity contribution < 1.29 is 14.5 Å². The number of nitrogens with one attached hydrogen (secondary N) is 2. The van der Waals surface area contributed by atoms with E-state index < -0.39 is 6.03 Å². The van der Waals surface area contributed by atoms with Crippen LogP contribution < -0.4 is 16.0 Å². The van der Waals surface area contributed by atoms with E-state index in [9.17, 15) is 9.59 Å². The quantitative estimate of drug-likeness (QED) is 0.770. The number of fused-ring (bicyclic) bond motifs is 1. The smallest absolute Gasteiger partial charge is 0.319 e. The molecule has 0 radical (unpaired) electrons. The Balaban J connectivity index is 1.61. The molecule has 23 heavy (non-hydrogen) atoms. The molecular formula is C16H21N4O2S+. The van der Waals surface area contributed by atoms with Crippen molar-refractivity contribution in [3.63, 3.8) is 0 Å². The molecule has 0 saturated carbocycles. The number of urea groups is 1. The van der Waals surface area contributed by atoms with Crippen LogP contribution in [0.4, 0.5) is 4.79 Å². The highest BCUT2D eigenvalue weighted by Gasteiger charge is 2.32. The lowest BCUT2D eigenvalue weighted by Crippen LogP contribution is -3.17. The number of aromatic nitrogens is 1. The first-order chi connectivity index (χ1) is 11.0. The van der Waals surface area contributed by atoms with Gasteiger partial charge in [0.1, 0.15) is 0 Å². The third-order valence-electron chi connectivity index (χ3n) is 4.54. The van der Waals surface area contributed by atoms with Gasteiger partial charge in [-0.3, -0.25) is 10.1 Å². The Hall–Kier alpha value is -1.99. The number of likely N-dealkylation sites (tertiary alicyclic amines) is 1. The van der Waals surface area contributed by atoms with Crippen LogP contribution in [-0.2, 0) is 4.79 Å². The number of benzene rings is 1. The first-order valence-corrected chi connectivity index (χ1v) is 8.66. The SMILES string of the molecule is C[C@@H](C(=O)NC(N)=O)[NH+]1CCC(c2nc3ccccc3s2)CC1. The number of rotatable bonds is 3. The first kappa shape index (κ1) is 15.9. The van der Waals surface area contributed by atoms with Crippen LogP contribution in [0, 0.1) is 0 Å². The maximum absolute atomic E-state index is 11.9. The molecule has 3 amide bonds. The summed E-state index contributed by atoms with van der Waals surface area (Å²) in [7, 11) is 0. The van der Waals surface area contributed by atoms with Gasteiger partial charge in [-0.15, -0.1) is 11.3 Å². The molecule has 1 fully saturated rings. The van der Waals surface area contributed by atoms with Crippen molar-refractivity contribution in [1.29, 1.82) is 0 Å². The predicted octanol–water partition coefficient (Wildman–Crippen LogP) is 0.642. The van der Waals surface area contributed by atoms with E-state index in [1.807, 2.05) is 25.1 Å². The Bertz CT molecular complexity index is 689. The molecule has 1 aromatic carbocycles. The number of nitrogens with two attached hydrogens (primary N) is 1. The van der Waals surface area contributed by atoms with E-state index in [0.717, 1.165) is 31.4 Å². The van der Waals surface area contributed by atoms with Gasteiger partial charge in [0.2, 0.25) is 0 Å². The van der Waals surface area contributed by atoms with E-state index in [2.05, 4.69) is 11.4 Å². The van der Waals surface area contributed by atoms with Crippen LogP contribution >= 0.6 is 11.3 Å². The number of carbonyl (C=O) groups excluding carboxylic acids is 2. The maximum atomic E-state index is 11.9. The Labute approximate surface area is 138 Å². The lowest BCUT2D eigenvalue weighted by Gasteiger charge is -2.31. The molecule has 1 atom stereocenters. The van der Waals surface area contributed by atoms with Gasteiger partial charge in [0.25, 0.3) is 5.91 Å². The molecule has 2 aromatic rings. The van der Waals surface area contributed by atoms with Crippen LogP contribution in [0.3, 0.4) is 0 Å². The molecule has 122 valence electrons. The number of imide groups is 1. The number of primary amides is 1. The molecule has 7 heteroatoms. The summed E-state index contributed by atoms with van der Waals surface area (Å²) in [5.41, 5.74) is 6.07. The fourth-order valence-corrected chi connectivity index (χ4v) is 4.28. The average Bonchev–Trinajstić information content (AvgIpc) is 2.97. The summed E-state index contributed by atoms with van der Waals surface area (Å²) in [4.78, 5) is 28.6. The summed E-state index contributed by atoms with van der Waals surface area (Å²) in [5.74, 6) is 0.161. The number of thiazole rings is 1. The number of hydrogen-bond acceptors (Lipinski definition) is 4. The molecule has 0 unspecified atom stereocenters. The number of carbonyl (C=O) groups is 2. The van der Waals surface area contributed by atoms with E-state index in [1.165, 1.54) is 14.6 Å². The van der Waals surface area contributed by atoms with Gasteiger partial charge >= 0.3 is 6.03 Å². The number of piperidine rings is 1. The van der Waals surface area contributed by atoms with Crippen molar-refractivity contribution in [2.75, 3.05) is 13.1 Å². The highest BCUT2D eigenvalue weighted by Crippen LogP contribution is 2.31. The van der Waals surface area contributed by atoms with E-state index >= 15 is 0 Å². The molecule has 6 nitrogen and oxygen atoms in total. The molecule has 1 saturated heterocycles. The summed E-state index contributed by atoms with van der Waals surface area (Å²) < 4.78 is 1.23. The van der Waals surface area contributed by atoms with Crippen molar-refractivity contribution >= 4 is 33.5 Å². The van der Waals surface area contributed by atoms with Crippen LogP contribution in [0.5, 0.6) is 0 Å². The average molecular weight is 333 g/mol. The number of quaternary nitrogens is 1. The molecule has 0 aliphatic carbocycles. The number of amides is 3. The largest absolute Gasteiger partial charge is 0.351 e. The number of nitrogens with zero attached hydrogens (tertiary/aromatic N) is 1. The summed E-state index contributed by atoms with van der Waals surface area (Å²) in [6, 6.07) is 7.15. The highest BCUT2D eigenvalue weighted by atomic mass is 32.1. The van der Waals surface area contributed by atoms with Crippen molar-refractivity contribution in [1.82, 2.24) is 10.3 Å². The number of hydrogen-bond donors (Lipinski definition) is 3. The minimum atomic E-state index is -0.786. The lowest BCUT2D eigenvalue weighted by atomic mass is 9.96. The van der Waals surface area contributed by atoms with Gasteiger partial charge in [0.05, 0.1) is 28.3 Å². The molecule has 0 bridgehead atoms. The second-order valence-electron chi connectivity index (χ2n) is 6.03. The van der Waals surface area contributed by atoms with Gasteiger partial charge in [0, 0.05) is 18.8 Å². The van der Waals surface area contributed by atoms with Crippen molar-refractivity contribution in [2.24, 2.45) is 5.73 Å². The minimum Gasteiger partial charge on any atom is -0.351 e. The molecule has 3 rings (SSSR count). The lowest BCUT2D eigenvalue weighted by molar-refractivity contribution is -0.919. The van der Waals surface area contributed by atoms with Gasteiger partial charge in [-0.1, -0.05) is 12.1 Å². The van der Waals surface area contributed by atoms with Gasteiger partial charge in [-0.05, 0) is 19.1 Å². The highest BCUT2D eigenvalue weighted by molar-refractivity contribution is 7.18. The fourth-order valence-electron chi connectivity index (χ4n) is 3.15. The third-order valence-corrected chi connectivity index (χ3v) is 5.74. The zero-order valence-electron chi connectivity index (χ0n) is 13.0. The summed E-state index contributed by atoms with van der Waals surface area (Å²) in [5, 5.41) is 3.36. The molecule has 0 spiro atoms. The Morgan fingerprint density at radius 1 is 1.35 bits per heavy atom. The first-order valence-electron chi connectivity index (χ1n) is 7.85. The van der Waals surface area contributed by atoms with Crippen LogP contribution in [0.1, 0.15) is 30.7 Å². The maximum Gasteiger partial charge on any atom is 0.319 e. The van der Waals surface area contributed by atoms with Crippen molar-refractivity contribution in [3.05, 3.63) is 29.3 Å². The summed E-state index contributed by atoms with van der Waals surface area (Å²) in [6.45, 7) is 3.63. The monoisotopic (exact) mass is 333 g/mol. The third kappa shape index (κ3) is 3.51. The van der Waals surface area contributed by atoms with Gasteiger partial charge in [-0.25, -0.2) is 9.78 Å². The van der Waals surface area contributed by atoms with Crippen molar-refractivity contribution in [3.8, 4) is 0 Å². The standard InChI is InChI=1S/C16H20N4O2S/c1-10(14(21)19-16(17)22)20-8-6-11(7-9-20)15-18-12-4-2-3-5-13(12)23-15/h2-5,10-11H,6-9H2,1H3,(H3,17,19,21,22)/p+1/t10-/m0/s1. The van der Waals surface area contributed by atoms with Crippen molar-refractivity contribution in [2.45, 2.75) is 31.7 Å². The topological polar surface area (TPSA) is 89.5 Å². The minimum absolute atomic E-state index is 0.265. The molecule has 2 heterocycles. The van der Waals surface area contributed by atoms with Crippen LogP contribution in [0.25, 0.3) is 10.2 Å². The predicted molar refractivity (Wildman–Crippen MR) is 89.5 cm³/mol. The van der Waals surface area contributed by atoms with Gasteiger partial charge < -0.3 is 10.6 Å². The molecule has 1 aliphatic rings. The van der Waals surface area contributed by atoms with E-state index in [0.29, 0.717) is 5.92 Å². The molecule has 4 N–H and O–H groups in total. The second kappa shape index (κ2) is 6.64. The zero-order valence-corrected chi connectivity index (χ0v) is 13.9. The molecule has 1 aromatic heterocycles. The van der Waals surface area contributed by atoms with E-state index in [-0.39, 0.29) is 11.9 Å². The normalized spacial score (nSPS) is 22.7. The van der Waals surface area contributed by atoms with E-state index in [1.54, 1.807) is 11.3 Å². The van der Waals surface area contributed by atoms with Crippen LogP contribution in [-0.4, -0.2) is 36.1 Å². The van der Waals surface area contributed by atoms with E-state index in [4.69, 9.17) is 10.7 Å². The van der Waals surface area contributed by atoms with Crippen LogP contribution in [0.15, 0.2) is 24.3 Å². The summed E-state index contributed by atoms with van der Waals surface area (Å²) in [6.07, 6.45) is 2.01. The fraction of sp³-hybridized carbons (Fsp3) is 0.438.